The number of thiazole rings is 1. The van der Waals surface area contributed by atoms with Crippen LogP contribution in [0.1, 0.15) is 53.7 Å². The van der Waals surface area contributed by atoms with E-state index in [1.54, 1.807) is 35.9 Å². The number of rotatable bonds is 6. The lowest BCUT2D eigenvalue weighted by Gasteiger charge is -2.31. The van der Waals surface area contributed by atoms with Crippen molar-refractivity contribution in [2.24, 2.45) is 5.92 Å². The first-order valence-electron chi connectivity index (χ1n) is 9.46. The van der Waals surface area contributed by atoms with Crippen LogP contribution < -0.4 is 5.32 Å². The van der Waals surface area contributed by atoms with E-state index in [0.29, 0.717) is 18.7 Å². The van der Waals surface area contributed by atoms with Crippen molar-refractivity contribution >= 4 is 23.2 Å². The molecule has 3 rings (SSSR count). The summed E-state index contributed by atoms with van der Waals surface area (Å²) in [5.74, 6) is 0.425. The molecule has 0 aliphatic carbocycles. The van der Waals surface area contributed by atoms with Gasteiger partial charge in [-0.2, -0.15) is 0 Å². The predicted octanol–water partition coefficient (Wildman–Crippen LogP) is 2.87. The van der Waals surface area contributed by atoms with Gasteiger partial charge in [0.25, 0.3) is 5.91 Å². The number of carbonyl (C=O) groups is 2. The Labute approximate surface area is 164 Å². The van der Waals surface area contributed by atoms with Gasteiger partial charge in [-0.25, -0.2) is 4.98 Å². The van der Waals surface area contributed by atoms with Gasteiger partial charge in [0.05, 0.1) is 10.7 Å². The molecule has 2 amide bonds. The molecule has 7 heteroatoms. The monoisotopic (exact) mass is 386 g/mol. The highest BCUT2D eigenvalue weighted by molar-refractivity contribution is 7.09. The second kappa shape index (κ2) is 9.08. The van der Waals surface area contributed by atoms with Gasteiger partial charge in [-0.3, -0.25) is 14.6 Å². The van der Waals surface area contributed by atoms with Crippen molar-refractivity contribution in [3.63, 3.8) is 0 Å². The third-order valence-corrected chi connectivity index (χ3v) is 5.82. The van der Waals surface area contributed by atoms with Crippen molar-refractivity contribution in [3.8, 4) is 0 Å². The van der Waals surface area contributed by atoms with E-state index in [-0.39, 0.29) is 23.7 Å². The lowest BCUT2D eigenvalue weighted by molar-refractivity contribution is -0.123. The van der Waals surface area contributed by atoms with Crippen molar-refractivity contribution in [2.75, 3.05) is 19.6 Å². The Bertz CT molecular complexity index is 775. The lowest BCUT2D eigenvalue weighted by Crippen LogP contribution is -2.39. The molecule has 0 unspecified atom stereocenters. The minimum atomic E-state index is 0.00199. The number of amides is 2. The topological polar surface area (TPSA) is 75.2 Å². The van der Waals surface area contributed by atoms with Gasteiger partial charge in [0.1, 0.15) is 0 Å². The molecule has 27 heavy (non-hydrogen) atoms. The fraction of sp³-hybridized carbons (Fsp3) is 0.500. The fourth-order valence-corrected chi connectivity index (χ4v) is 4.17. The van der Waals surface area contributed by atoms with Crippen molar-refractivity contribution in [2.45, 2.75) is 39.0 Å². The second-order valence-electron chi connectivity index (χ2n) is 7.20. The maximum Gasteiger partial charge on any atom is 0.253 e. The molecule has 1 atom stereocenters. The van der Waals surface area contributed by atoms with Gasteiger partial charge in [0.15, 0.2) is 0 Å². The van der Waals surface area contributed by atoms with E-state index in [1.807, 2.05) is 18.7 Å². The third kappa shape index (κ3) is 5.13. The molecule has 0 spiro atoms. The Kier molecular flexibility index (Phi) is 6.55. The highest BCUT2D eigenvalue weighted by Crippen LogP contribution is 2.30. The van der Waals surface area contributed by atoms with Gasteiger partial charge in [-0.15, -0.1) is 11.3 Å². The average molecular weight is 387 g/mol. The Morgan fingerprint density at radius 1 is 1.33 bits per heavy atom. The van der Waals surface area contributed by atoms with Crippen LogP contribution in [0.2, 0.25) is 0 Å². The summed E-state index contributed by atoms with van der Waals surface area (Å²) in [4.78, 5) is 35.0. The van der Waals surface area contributed by atoms with Gasteiger partial charge < -0.3 is 10.2 Å². The first kappa shape index (κ1) is 19.5. The molecule has 1 fully saturated rings. The summed E-state index contributed by atoms with van der Waals surface area (Å²) < 4.78 is 0. The Balaban J connectivity index is 1.56. The molecule has 1 N–H and O–H groups in total. The van der Waals surface area contributed by atoms with E-state index in [9.17, 15) is 9.59 Å². The minimum Gasteiger partial charge on any atom is -0.355 e. The average Bonchev–Trinajstić information content (AvgIpc) is 3.17. The zero-order valence-corrected chi connectivity index (χ0v) is 16.7. The van der Waals surface area contributed by atoms with E-state index < -0.39 is 0 Å². The number of pyridine rings is 1. The van der Waals surface area contributed by atoms with Gasteiger partial charge in [0.2, 0.25) is 5.91 Å². The smallest absolute Gasteiger partial charge is 0.253 e. The van der Waals surface area contributed by atoms with Crippen molar-refractivity contribution in [1.29, 1.82) is 0 Å². The standard InChI is InChI=1S/C20H26N4O2S/c1-14(2)18(25)22-10-7-17-13-27-19(23-17)16-4-3-11-24(12-16)20(26)15-5-8-21-9-6-15/h5-6,8-9,13-14,16H,3-4,7,10-12H2,1-2H3,(H,22,25)/t16-/m0/s1. The maximum absolute atomic E-state index is 12.7. The lowest BCUT2D eigenvalue weighted by atomic mass is 9.98. The van der Waals surface area contributed by atoms with Crippen molar-refractivity contribution in [3.05, 3.63) is 46.2 Å². The van der Waals surface area contributed by atoms with E-state index in [0.717, 1.165) is 36.5 Å². The number of piperidine rings is 1. The molecule has 0 aromatic carbocycles. The molecule has 1 aliphatic heterocycles. The molecule has 144 valence electrons. The van der Waals surface area contributed by atoms with Gasteiger partial charge in [0, 0.05) is 61.2 Å². The maximum atomic E-state index is 12.7. The number of nitrogens with zero attached hydrogens (tertiary/aromatic N) is 3. The number of carbonyl (C=O) groups excluding carboxylic acids is 2. The molecular formula is C20H26N4O2S. The summed E-state index contributed by atoms with van der Waals surface area (Å²) in [5.41, 5.74) is 1.70. The highest BCUT2D eigenvalue weighted by Gasteiger charge is 2.27. The van der Waals surface area contributed by atoms with E-state index in [1.165, 1.54) is 0 Å². The zero-order chi connectivity index (χ0) is 19.2. The quantitative estimate of drug-likeness (QED) is 0.828. The minimum absolute atomic E-state index is 0.00199. The first-order chi connectivity index (χ1) is 13.0. The van der Waals surface area contributed by atoms with Gasteiger partial charge in [-0.1, -0.05) is 13.8 Å². The summed E-state index contributed by atoms with van der Waals surface area (Å²) in [6, 6.07) is 3.53. The second-order valence-corrected chi connectivity index (χ2v) is 8.09. The van der Waals surface area contributed by atoms with E-state index >= 15 is 0 Å². The molecule has 1 aliphatic rings. The summed E-state index contributed by atoms with van der Waals surface area (Å²) in [6.07, 6.45) is 6.08. The first-order valence-corrected chi connectivity index (χ1v) is 10.3. The summed E-state index contributed by atoms with van der Waals surface area (Å²) in [7, 11) is 0. The number of nitrogens with one attached hydrogen (secondary N) is 1. The SMILES string of the molecule is CC(C)C(=O)NCCc1csc([C@H]2CCCN(C(=O)c3ccncc3)C2)n1. The van der Waals surface area contributed by atoms with Crippen molar-refractivity contribution in [1.82, 2.24) is 20.2 Å². The number of likely N-dealkylation sites (tertiary alicyclic amines) is 1. The van der Waals surface area contributed by atoms with E-state index in [4.69, 9.17) is 4.98 Å². The Morgan fingerprint density at radius 2 is 2.11 bits per heavy atom. The molecule has 0 saturated carbocycles. The van der Waals surface area contributed by atoms with Crippen LogP contribution in [-0.2, 0) is 11.2 Å². The molecule has 2 aromatic heterocycles. The largest absolute Gasteiger partial charge is 0.355 e. The Morgan fingerprint density at radius 3 is 2.85 bits per heavy atom. The summed E-state index contributed by atoms with van der Waals surface area (Å²) in [5, 5.41) is 6.09. The van der Waals surface area contributed by atoms with Crippen LogP contribution in [-0.4, -0.2) is 46.3 Å². The van der Waals surface area contributed by atoms with Crippen LogP contribution in [0, 0.1) is 5.92 Å². The van der Waals surface area contributed by atoms with Crippen LogP contribution in [0.25, 0.3) is 0 Å². The summed E-state index contributed by atoms with van der Waals surface area (Å²) in [6.45, 7) is 5.88. The van der Waals surface area contributed by atoms with Gasteiger partial charge in [-0.05, 0) is 25.0 Å². The van der Waals surface area contributed by atoms with E-state index in [2.05, 4.69) is 15.7 Å². The summed E-state index contributed by atoms with van der Waals surface area (Å²) >= 11 is 1.66. The van der Waals surface area contributed by atoms with Crippen molar-refractivity contribution < 1.29 is 9.59 Å². The zero-order valence-electron chi connectivity index (χ0n) is 15.9. The number of hydrogen-bond acceptors (Lipinski definition) is 5. The molecule has 2 aromatic rings. The number of aromatic nitrogens is 2. The fourth-order valence-electron chi connectivity index (χ4n) is 3.18. The highest BCUT2D eigenvalue weighted by atomic mass is 32.1. The van der Waals surface area contributed by atoms with Crippen LogP contribution in [0.4, 0.5) is 0 Å². The van der Waals surface area contributed by atoms with Crippen LogP contribution >= 0.6 is 11.3 Å². The molecule has 0 bridgehead atoms. The number of hydrogen-bond donors (Lipinski definition) is 1. The van der Waals surface area contributed by atoms with Crippen LogP contribution in [0.3, 0.4) is 0 Å². The molecule has 3 heterocycles. The molecule has 0 radical (unpaired) electrons. The normalized spacial score (nSPS) is 17.1. The van der Waals surface area contributed by atoms with Crippen LogP contribution in [0.5, 0.6) is 0 Å². The Hall–Kier alpha value is -2.28. The molecular weight excluding hydrogens is 360 g/mol. The van der Waals surface area contributed by atoms with Gasteiger partial charge >= 0.3 is 0 Å². The molecule has 6 nitrogen and oxygen atoms in total. The predicted molar refractivity (Wildman–Crippen MR) is 106 cm³/mol. The molecule has 1 saturated heterocycles. The van der Waals surface area contributed by atoms with Crippen LogP contribution in [0.15, 0.2) is 29.9 Å². The third-order valence-electron chi connectivity index (χ3n) is 4.76.